The van der Waals surface area contributed by atoms with Crippen LogP contribution in [0.25, 0.3) is 0 Å². The fourth-order valence-electron chi connectivity index (χ4n) is 3.34. The van der Waals surface area contributed by atoms with Crippen molar-refractivity contribution < 1.29 is 4.57 Å². The van der Waals surface area contributed by atoms with E-state index >= 15 is 0 Å². The molecule has 5 heteroatoms. The summed E-state index contributed by atoms with van der Waals surface area (Å²) >= 11 is 0. The van der Waals surface area contributed by atoms with Gasteiger partial charge in [-0.1, -0.05) is 44.9 Å². The minimum atomic E-state index is 0.711. The van der Waals surface area contributed by atoms with Crippen LogP contribution in [0.5, 0.6) is 0 Å². The Morgan fingerprint density at radius 2 is 1.54 bits per heavy atom. The number of imidazole rings is 1. The molecule has 0 unspecified atom stereocenters. The third kappa shape index (κ3) is 10.6. The number of hydrogen-bond acceptors (Lipinski definition) is 2. The molecule has 0 amide bonds. The first-order valence-corrected chi connectivity index (χ1v) is 10.7. The number of rotatable bonds is 16. The van der Waals surface area contributed by atoms with Crippen molar-refractivity contribution in [3.63, 3.8) is 0 Å². The fraction of sp³-hybridized carbons (Fsp3) is 0.810. The normalized spacial score (nSPS) is 12.0. The lowest BCUT2D eigenvalue weighted by Gasteiger charge is -2.03. The smallest absolute Gasteiger partial charge is 0.253 e. The first kappa shape index (κ1) is 22.7. The van der Waals surface area contributed by atoms with E-state index in [2.05, 4.69) is 33.4 Å². The molecule has 0 spiro atoms. The molecule has 0 radical (unpaired) electrons. The number of unbranched alkanes of at least 4 members (excludes halogenated alkanes) is 9. The number of aryl methyl sites for hydroxylation is 2. The molecule has 1 rings (SSSR count). The molecule has 1 heterocycles. The lowest BCUT2D eigenvalue weighted by Crippen LogP contribution is -2.36. The van der Waals surface area contributed by atoms with Gasteiger partial charge >= 0.3 is 0 Å². The van der Waals surface area contributed by atoms with Crippen LogP contribution in [0.3, 0.4) is 0 Å². The monoisotopic (exact) mass is 364 g/mol. The average Bonchev–Trinajstić information content (AvgIpc) is 2.97. The Morgan fingerprint density at radius 1 is 0.962 bits per heavy atom. The van der Waals surface area contributed by atoms with Crippen LogP contribution in [-0.2, 0) is 13.1 Å². The molecule has 0 aliphatic carbocycles. The van der Waals surface area contributed by atoms with Gasteiger partial charge in [0.25, 0.3) is 5.82 Å². The molecule has 26 heavy (non-hydrogen) atoms. The van der Waals surface area contributed by atoms with E-state index in [0.29, 0.717) is 5.84 Å². The highest BCUT2D eigenvalue weighted by atomic mass is 15.1. The van der Waals surface area contributed by atoms with Crippen LogP contribution >= 0.6 is 0 Å². The lowest BCUT2D eigenvalue weighted by molar-refractivity contribution is -0.702. The molecular weight excluding hydrogens is 322 g/mol. The molecule has 0 aliphatic rings. The molecule has 0 aromatic carbocycles. The number of nitrogens with two attached hydrogens (primary N) is 2. The quantitative estimate of drug-likeness (QED) is 0.203. The van der Waals surface area contributed by atoms with Crippen molar-refractivity contribution in [3.05, 3.63) is 18.2 Å². The fourth-order valence-corrected chi connectivity index (χ4v) is 3.34. The zero-order chi connectivity index (χ0) is 19.0. The second kappa shape index (κ2) is 14.8. The molecular formula is C21H42N5+. The highest BCUT2D eigenvalue weighted by Gasteiger charge is 2.10. The summed E-state index contributed by atoms with van der Waals surface area (Å²) < 4.78 is 4.70. The highest BCUT2D eigenvalue weighted by Crippen LogP contribution is 2.11. The maximum absolute atomic E-state index is 5.60. The molecule has 0 saturated heterocycles. The van der Waals surface area contributed by atoms with Gasteiger partial charge in [-0.15, -0.1) is 0 Å². The summed E-state index contributed by atoms with van der Waals surface area (Å²) in [5.41, 5.74) is 11.1. The summed E-state index contributed by atoms with van der Waals surface area (Å²) in [6.45, 7) is 7.91. The predicted molar refractivity (Wildman–Crippen MR) is 111 cm³/mol. The number of hydrogen-bond donors (Lipinski definition) is 2. The van der Waals surface area contributed by atoms with Crippen LogP contribution in [0.2, 0.25) is 0 Å². The van der Waals surface area contributed by atoms with Crippen molar-refractivity contribution in [1.82, 2.24) is 4.57 Å². The van der Waals surface area contributed by atoms with Gasteiger partial charge in [-0.05, 0) is 39.2 Å². The van der Waals surface area contributed by atoms with Crippen molar-refractivity contribution in [1.29, 1.82) is 0 Å². The molecule has 150 valence electrons. The molecule has 4 N–H and O–H groups in total. The van der Waals surface area contributed by atoms with E-state index in [4.69, 9.17) is 11.5 Å². The van der Waals surface area contributed by atoms with Gasteiger partial charge in [0.2, 0.25) is 0 Å². The first-order valence-electron chi connectivity index (χ1n) is 10.7. The Bertz CT molecular complexity index is 489. The average molecular weight is 365 g/mol. The molecule has 0 bridgehead atoms. The second-order valence-corrected chi connectivity index (χ2v) is 7.43. The van der Waals surface area contributed by atoms with E-state index in [1.54, 1.807) is 0 Å². The van der Waals surface area contributed by atoms with Gasteiger partial charge in [-0.3, -0.25) is 4.99 Å². The van der Waals surface area contributed by atoms with Gasteiger partial charge in [0, 0.05) is 13.5 Å². The van der Waals surface area contributed by atoms with Gasteiger partial charge in [0.1, 0.15) is 12.4 Å². The molecule has 0 atom stereocenters. The first-order chi connectivity index (χ1) is 12.6. The van der Waals surface area contributed by atoms with Crippen LogP contribution in [-0.4, -0.2) is 23.5 Å². The topological polar surface area (TPSA) is 73.2 Å². The molecule has 5 nitrogen and oxygen atoms in total. The molecule has 1 aromatic rings. The van der Waals surface area contributed by atoms with Crippen molar-refractivity contribution in [3.8, 4) is 0 Å². The van der Waals surface area contributed by atoms with Crippen LogP contribution < -0.4 is 16.0 Å². The van der Waals surface area contributed by atoms with Gasteiger partial charge < -0.3 is 11.5 Å². The van der Waals surface area contributed by atoms with E-state index < -0.39 is 0 Å². The molecule has 0 fully saturated rings. The number of aliphatic imine (C=N–C) groups is 1. The molecule has 0 aliphatic heterocycles. The summed E-state index contributed by atoms with van der Waals surface area (Å²) in [4.78, 5) is 4.23. The van der Waals surface area contributed by atoms with Crippen LogP contribution in [0.4, 0.5) is 0 Å². The Kier molecular flexibility index (Phi) is 12.9. The van der Waals surface area contributed by atoms with Crippen LogP contribution in [0.15, 0.2) is 17.4 Å². The summed E-state index contributed by atoms with van der Waals surface area (Å²) in [5, 5.41) is 0. The number of nitrogens with zero attached hydrogens (tertiary/aromatic N) is 3. The molecule has 1 aromatic heterocycles. The summed E-state index contributed by atoms with van der Waals surface area (Å²) in [6.07, 6.45) is 18.8. The van der Waals surface area contributed by atoms with Gasteiger partial charge in [-0.25, -0.2) is 9.13 Å². The van der Waals surface area contributed by atoms with Crippen molar-refractivity contribution in [2.24, 2.45) is 16.5 Å². The standard InChI is InChI=1S/C21H42N5/c1-20(23)24-15-11-9-7-5-3-4-6-8-10-12-16-25-18-19-26(21(25)2)17-13-14-22/h18-19H,3-17,22H2,1-2H3,(H2,23,24)/q+1. The van der Waals surface area contributed by atoms with Crippen LogP contribution in [0, 0.1) is 6.92 Å². The van der Waals surface area contributed by atoms with Gasteiger partial charge in [0.15, 0.2) is 0 Å². The van der Waals surface area contributed by atoms with E-state index in [9.17, 15) is 0 Å². The summed E-state index contributed by atoms with van der Waals surface area (Å²) in [7, 11) is 0. The molecule has 0 saturated carbocycles. The maximum Gasteiger partial charge on any atom is 0.253 e. The zero-order valence-electron chi connectivity index (χ0n) is 17.3. The number of amidine groups is 1. The maximum atomic E-state index is 5.60. The van der Waals surface area contributed by atoms with E-state index in [-0.39, 0.29) is 0 Å². The van der Waals surface area contributed by atoms with E-state index in [0.717, 1.165) is 32.6 Å². The van der Waals surface area contributed by atoms with Gasteiger partial charge in [-0.2, -0.15) is 0 Å². The van der Waals surface area contributed by atoms with Crippen molar-refractivity contribution >= 4 is 5.84 Å². The lowest BCUT2D eigenvalue weighted by atomic mass is 10.1. The Balaban J connectivity index is 1.92. The third-order valence-electron chi connectivity index (χ3n) is 5.03. The Labute approximate surface area is 160 Å². The summed E-state index contributed by atoms with van der Waals surface area (Å²) in [6, 6.07) is 0. The van der Waals surface area contributed by atoms with Gasteiger partial charge in [0.05, 0.1) is 18.9 Å². The van der Waals surface area contributed by atoms with Crippen molar-refractivity contribution in [2.45, 2.75) is 97.6 Å². The Morgan fingerprint density at radius 3 is 2.12 bits per heavy atom. The Hall–Kier alpha value is -1.36. The predicted octanol–water partition coefficient (Wildman–Crippen LogP) is 3.71. The second-order valence-electron chi connectivity index (χ2n) is 7.43. The van der Waals surface area contributed by atoms with E-state index in [1.807, 2.05) is 6.92 Å². The number of aromatic nitrogens is 2. The minimum Gasteiger partial charge on any atom is -0.388 e. The minimum absolute atomic E-state index is 0.711. The SMILES string of the molecule is CC(N)=NCCCCCCCCCCCCn1cc[n+](CCCN)c1C. The van der Waals surface area contributed by atoms with Crippen molar-refractivity contribution in [2.75, 3.05) is 13.1 Å². The largest absolute Gasteiger partial charge is 0.388 e. The third-order valence-corrected chi connectivity index (χ3v) is 5.03. The highest BCUT2D eigenvalue weighted by molar-refractivity contribution is 5.77. The zero-order valence-corrected chi connectivity index (χ0v) is 17.3. The van der Waals surface area contributed by atoms with Crippen LogP contribution in [0.1, 0.15) is 83.4 Å². The van der Waals surface area contributed by atoms with E-state index in [1.165, 1.54) is 70.0 Å². The summed E-state index contributed by atoms with van der Waals surface area (Å²) in [5.74, 6) is 2.06.